The molecular formula is C33H46F2N4O6S. The summed E-state index contributed by atoms with van der Waals surface area (Å²) in [6.07, 6.45) is 1.12. The minimum atomic E-state index is -4.16. The van der Waals surface area contributed by atoms with Crippen LogP contribution in [0.4, 0.5) is 13.6 Å². The number of ether oxygens (including phenoxy) is 2. The molecule has 2 amide bonds. The first-order chi connectivity index (χ1) is 21.7. The zero-order valence-corrected chi connectivity index (χ0v) is 27.8. The average molecular weight is 665 g/mol. The van der Waals surface area contributed by atoms with E-state index in [1.165, 1.54) is 12.1 Å². The predicted molar refractivity (Wildman–Crippen MR) is 170 cm³/mol. The smallest absolute Gasteiger partial charge is 0.409 e. The molecule has 3 N–H and O–H groups in total. The number of hydrogen-bond acceptors (Lipinski definition) is 7. The number of alkyl halides is 1. The molecule has 2 heterocycles. The van der Waals surface area contributed by atoms with Crippen molar-refractivity contribution < 1.29 is 36.3 Å². The standard InChI is InChI=1S/C33H46F2N4O6S/c1-32(2)21-25(22-33(3,4)38-32)36-30(40)28(19-23-12-14-26(15-13-23)44-18-8-16-34)37-31(41)45-29-11-5-6-17-39(29)46(42,43)27-10-7-9-24(35)20-27/h7,9-10,12-15,20,25,28-29,38H,5-6,8,11,16-19,21-22H2,1-4H3,(H,36,40)(H,37,41)/t28-,29-/m0/s1. The molecule has 2 atom stereocenters. The molecule has 4 rings (SSSR count). The maximum atomic E-state index is 13.9. The maximum Gasteiger partial charge on any atom is 0.409 e. The number of piperidine rings is 2. The summed E-state index contributed by atoms with van der Waals surface area (Å²) < 4.78 is 65.3. The van der Waals surface area contributed by atoms with Crippen LogP contribution in [-0.2, 0) is 26.0 Å². The Morgan fingerprint density at radius 3 is 2.41 bits per heavy atom. The highest BCUT2D eigenvalue weighted by atomic mass is 32.2. The number of hydrogen-bond donors (Lipinski definition) is 3. The van der Waals surface area contributed by atoms with Gasteiger partial charge in [0.1, 0.15) is 17.6 Å². The van der Waals surface area contributed by atoms with E-state index < -0.39 is 46.8 Å². The van der Waals surface area contributed by atoms with Crippen LogP contribution in [0.15, 0.2) is 53.4 Å². The number of rotatable bonds is 12. The van der Waals surface area contributed by atoms with Gasteiger partial charge in [-0.3, -0.25) is 9.18 Å². The van der Waals surface area contributed by atoms with E-state index >= 15 is 0 Å². The summed E-state index contributed by atoms with van der Waals surface area (Å²) in [6.45, 7) is 8.16. The SMILES string of the molecule is CC1(C)CC(NC(=O)[C@H](Cc2ccc(OCCCF)cc2)NC(=O)O[C@H]2CCCCN2S(=O)(=O)c2cccc(F)c2)CC(C)(C)N1. The molecule has 2 fully saturated rings. The molecule has 10 nitrogen and oxygen atoms in total. The molecule has 2 aliphatic heterocycles. The van der Waals surface area contributed by atoms with Gasteiger partial charge in [-0.2, -0.15) is 4.31 Å². The highest BCUT2D eigenvalue weighted by Crippen LogP contribution is 2.29. The normalized spacial score (nSPS) is 20.8. The zero-order chi connectivity index (χ0) is 33.5. The van der Waals surface area contributed by atoms with Gasteiger partial charge >= 0.3 is 6.09 Å². The molecule has 2 aromatic carbocycles. The molecule has 2 aromatic rings. The van der Waals surface area contributed by atoms with Gasteiger partial charge in [0.25, 0.3) is 0 Å². The summed E-state index contributed by atoms with van der Waals surface area (Å²) in [4.78, 5) is 26.8. The van der Waals surface area contributed by atoms with E-state index in [-0.39, 0.29) is 54.4 Å². The molecule has 13 heteroatoms. The third-order valence-electron chi connectivity index (χ3n) is 8.10. The Morgan fingerprint density at radius 1 is 1.07 bits per heavy atom. The number of alkyl carbamates (subject to hydrolysis) is 1. The number of nitrogens with zero attached hydrogens (tertiary/aromatic N) is 1. The lowest BCUT2D eigenvalue weighted by Gasteiger charge is -2.46. The van der Waals surface area contributed by atoms with E-state index in [1.54, 1.807) is 24.3 Å². The van der Waals surface area contributed by atoms with Crippen molar-refractivity contribution in [3.8, 4) is 5.75 Å². The second kappa shape index (κ2) is 15.1. The summed E-state index contributed by atoms with van der Waals surface area (Å²) in [5.41, 5.74) is 0.283. The zero-order valence-electron chi connectivity index (χ0n) is 27.0. The van der Waals surface area contributed by atoms with Crippen LogP contribution in [0.5, 0.6) is 5.75 Å². The van der Waals surface area contributed by atoms with Crippen molar-refractivity contribution in [1.29, 1.82) is 0 Å². The van der Waals surface area contributed by atoms with Crippen LogP contribution in [0, 0.1) is 5.82 Å². The minimum absolute atomic E-state index is 0.0990. The van der Waals surface area contributed by atoms with E-state index in [2.05, 4.69) is 43.6 Å². The van der Waals surface area contributed by atoms with Crippen LogP contribution in [0.3, 0.4) is 0 Å². The molecule has 46 heavy (non-hydrogen) atoms. The lowest BCUT2D eigenvalue weighted by molar-refractivity contribution is -0.124. The van der Waals surface area contributed by atoms with Crippen molar-refractivity contribution in [2.75, 3.05) is 19.8 Å². The van der Waals surface area contributed by atoms with Crippen LogP contribution in [0.25, 0.3) is 0 Å². The van der Waals surface area contributed by atoms with Gasteiger partial charge in [-0.15, -0.1) is 0 Å². The fourth-order valence-electron chi connectivity index (χ4n) is 6.47. The Bertz CT molecular complexity index is 1440. The highest BCUT2D eigenvalue weighted by molar-refractivity contribution is 7.89. The van der Waals surface area contributed by atoms with Crippen LogP contribution in [-0.4, -0.2) is 73.9 Å². The molecule has 254 valence electrons. The first kappa shape index (κ1) is 35.6. The Kier molecular flexibility index (Phi) is 11.7. The largest absolute Gasteiger partial charge is 0.494 e. The van der Waals surface area contributed by atoms with Gasteiger partial charge in [-0.05, 0) is 95.7 Å². The van der Waals surface area contributed by atoms with Gasteiger partial charge in [0, 0.05) is 36.5 Å². The summed E-state index contributed by atoms with van der Waals surface area (Å²) in [7, 11) is -4.16. The average Bonchev–Trinajstić information content (AvgIpc) is 2.96. The quantitative estimate of drug-likeness (QED) is 0.278. The van der Waals surface area contributed by atoms with Gasteiger partial charge in [0.05, 0.1) is 18.2 Å². The summed E-state index contributed by atoms with van der Waals surface area (Å²) in [6, 6.07) is 10.5. The molecule has 0 saturated carbocycles. The van der Waals surface area contributed by atoms with Crippen molar-refractivity contribution in [2.24, 2.45) is 0 Å². The number of benzene rings is 2. The minimum Gasteiger partial charge on any atom is -0.494 e. The lowest BCUT2D eigenvalue weighted by Crippen LogP contribution is -2.63. The van der Waals surface area contributed by atoms with Crippen LogP contribution in [0.2, 0.25) is 0 Å². The number of nitrogens with one attached hydrogen (secondary N) is 3. The second-order valence-electron chi connectivity index (χ2n) is 13.4. The molecular weight excluding hydrogens is 618 g/mol. The predicted octanol–water partition coefficient (Wildman–Crippen LogP) is 4.83. The fourth-order valence-corrected chi connectivity index (χ4v) is 8.08. The van der Waals surface area contributed by atoms with Crippen molar-refractivity contribution in [2.45, 2.75) is 107 Å². The number of amides is 2. The molecule has 0 aliphatic carbocycles. The van der Waals surface area contributed by atoms with Crippen molar-refractivity contribution >= 4 is 22.0 Å². The summed E-state index contributed by atoms with van der Waals surface area (Å²) in [5.74, 6) is -0.532. The topological polar surface area (TPSA) is 126 Å². The van der Waals surface area contributed by atoms with E-state index in [9.17, 15) is 26.8 Å². The van der Waals surface area contributed by atoms with E-state index in [0.29, 0.717) is 31.4 Å². The third kappa shape index (κ3) is 9.85. The molecule has 0 spiro atoms. The van der Waals surface area contributed by atoms with Crippen molar-refractivity contribution in [1.82, 2.24) is 20.3 Å². The Hall–Kier alpha value is -3.29. The Morgan fingerprint density at radius 2 is 1.76 bits per heavy atom. The number of halogens is 2. The van der Waals surface area contributed by atoms with Crippen molar-refractivity contribution in [3.05, 3.63) is 59.9 Å². The number of sulfonamides is 1. The van der Waals surface area contributed by atoms with Gasteiger partial charge in [-0.25, -0.2) is 17.6 Å². The van der Waals surface area contributed by atoms with E-state index in [1.807, 2.05) is 0 Å². The highest BCUT2D eigenvalue weighted by Gasteiger charge is 2.40. The van der Waals surface area contributed by atoms with Gasteiger partial charge < -0.3 is 25.4 Å². The maximum absolute atomic E-state index is 13.9. The molecule has 0 unspecified atom stereocenters. The van der Waals surface area contributed by atoms with E-state index in [4.69, 9.17) is 9.47 Å². The Labute approximate surface area is 270 Å². The molecule has 0 aromatic heterocycles. The van der Waals surface area contributed by atoms with Gasteiger partial charge in [0.15, 0.2) is 6.23 Å². The lowest BCUT2D eigenvalue weighted by atomic mass is 9.79. The first-order valence-corrected chi connectivity index (χ1v) is 17.2. The van der Waals surface area contributed by atoms with Crippen LogP contribution in [0.1, 0.15) is 71.8 Å². The molecule has 0 radical (unpaired) electrons. The van der Waals surface area contributed by atoms with Crippen LogP contribution < -0.4 is 20.7 Å². The van der Waals surface area contributed by atoms with Crippen molar-refractivity contribution in [3.63, 3.8) is 0 Å². The second-order valence-corrected chi connectivity index (χ2v) is 15.3. The monoisotopic (exact) mass is 664 g/mol. The number of carbonyl (C=O) groups is 2. The first-order valence-electron chi connectivity index (χ1n) is 15.8. The summed E-state index contributed by atoms with van der Waals surface area (Å²) in [5, 5.41) is 9.38. The summed E-state index contributed by atoms with van der Waals surface area (Å²) >= 11 is 0. The molecule has 2 aliphatic rings. The van der Waals surface area contributed by atoms with Crippen LogP contribution >= 0.6 is 0 Å². The molecule has 0 bridgehead atoms. The molecule has 2 saturated heterocycles. The third-order valence-corrected chi connectivity index (χ3v) is 9.99. The van der Waals surface area contributed by atoms with E-state index in [0.717, 1.165) is 22.0 Å². The fraction of sp³-hybridized carbons (Fsp3) is 0.576. The van der Waals surface area contributed by atoms with Gasteiger partial charge in [-0.1, -0.05) is 18.2 Å². The number of carbonyl (C=O) groups excluding carboxylic acids is 2. The Balaban J connectivity index is 1.50. The van der Waals surface area contributed by atoms with Gasteiger partial charge in [0.2, 0.25) is 15.9 Å².